The summed E-state index contributed by atoms with van der Waals surface area (Å²) in [5.41, 5.74) is 1.65. The monoisotopic (exact) mass is 350 g/mol. The summed E-state index contributed by atoms with van der Waals surface area (Å²) in [6, 6.07) is 10.8. The van der Waals surface area contributed by atoms with Crippen LogP contribution in [0.3, 0.4) is 0 Å². The van der Waals surface area contributed by atoms with E-state index in [1.165, 1.54) is 56.9 Å². The summed E-state index contributed by atoms with van der Waals surface area (Å²) in [6.07, 6.45) is 10.9. The lowest BCUT2D eigenvalue weighted by Gasteiger charge is -2.34. The molecule has 116 valence electrons. The molecule has 2 heteroatoms. The highest BCUT2D eigenvalue weighted by atomic mass is 79.9. The SMILES string of the molecule is CC(CC1CCC2(CCCCC2)O1)C(Br)c1ccccc1. The molecular weight excluding hydrogens is 324 g/mol. The van der Waals surface area contributed by atoms with Crippen molar-refractivity contribution in [2.75, 3.05) is 0 Å². The van der Waals surface area contributed by atoms with Crippen molar-refractivity contribution in [3.05, 3.63) is 35.9 Å². The van der Waals surface area contributed by atoms with Crippen molar-refractivity contribution in [2.45, 2.75) is 74.8 Å². The molecule has 1 aliphatic heterocycles. The Hall–Kier alpha value is -0.340. The van der Waals surface area contributed by atoms with Crippen molar-refractivity contribution in [1.82, 2.24) is 0 Å². The average Bonchev–Trinajstić information content (AvgIpc) is 2.90. The van der Waals surface area contributed by atoms with Gasteiger partial charge in [-0.25, -0.2) is 0 Å². The molecular formula is C19H27BrO. The smallest absolute Gasteiger partial charge is 0.0687 e. The first-order valence-electron chi connectivity index (χ1n) is 8.55. The summed E-state index contributed by atoms with van der Waals surface area (Å²) in [5.74, 6) is 0.608. The Morgan fingerprint density at radius 3 is 2.57 bits per heavy atom. The molecule has 3 rings (SSSR count). The molecule has 0 amide bonds. The minimum Gasteiger partial charge on any atom is -0.372 e. The second-order valence-corrected chi connectivity index (χ2v) is 8.03. The van der Waals surface area contributed by atoms with Crippen molar-refractivity contribution in [2.24, 2.45) is 5.92 Å². The summed E-state index contributed by atoms with van der Waals surface area (Å²) >= 11 is 3.89. The number of benzene rings is 1. The minimum absolute atomic E-state index is 0.261. The van der Waals surface area contributed by atoms with Gasteiger partial charge in [-0.2, -0.15) is 0 Å². The van der Waals surface area contributed by atoms with Crippen LogP contribution in [0.1, 0.15) is 68.7 Å². The van der Waals surface area contributed by atoms with E-state index in [1.54, 1.807) is 0 Å². The first-order chi connectivity index (χ1) is 10.2. The highest BCUT2D eigenvalue weighted by Gasteiger charge is 2.41. The minimum atomic E-state index is 0.261. The predicted molar refractivity (Wildman–Crippen MR) is 91.8 cm³/mol. The van der Waals surface area contributed by atoms with Crippen LogP contribution in [0.25, 0.3) is 0 Å². The van der Waals surface area contributed by atoms with Gasteiger partial charge in [-0.3, -0.25) is 0 Å². The maximum atomic E-state index is 6.53. The Morgan fingerprint density at radius 2 is 1.86 bits per heavy atom. The van der Waals surface area contributed by atoms with Gasteiger partial charge in [-0.15, -0.1) is 0 Å². The fraction of sp³-hybridized carbons (Fsp3) is 0.684. The van der Waals surface area contributed by atoms with Gasteiger partial charge in [0.25, 0.3) is 0 Å². The van der Waals surface area contributed by atoms with Crippen LogP contribution in [-0.4, -0.2) is 11.7 Å². The summed E-state index contributed by atoms with van der Waals surface area (Å²) in [7, 11) is 0. The number of alkyl halides is 1. The van der Waals surface area contributed by atoms with Crippen molar-refractivity contribution in [3.63, 3.8) is 0 Å². The Labute approximate surface area is 137 Å². The zero-order valence-corrected chi connectivity index (χ0v) is 14.6. The van der Waals surface area contributed by atoms with Crippen LogP contribution < -0.4 is 0 Å². The molecule has 0 bridgehead atoms. The van der Waals surface area contributed by atoms with Crippen molar-refractivity contribution in [1.29, 1.82) is 0 Å². The largest absolute Gasteiger partial charge is 0.372 e. The summed E-state index contributed by atoms with van der Waals surface area (Å²) < 4.78 is 6.53. The normalized spacial score (nSPS) is 27.6. The summed E-state index contributed by atoms with van der Waals surface area (Å²) in [4.78, 5) is 0.435. The zero-order valence-electron chi connectivity index (χ0n) is 13.1. The lowest BCUT2D eigenvalue weighted by atomic mass is 9.83. The molecule has 1 saturated carbocycles. The van der Waals surface area contributed by atoms with Gasteiger partial charge in [0, 0.05) is 4.83 Å². The van der Waals surface area contributed by atoms with Gasteiger partial charge in [0.15, 0.2) is 0 Å². The maximum Gasteiger partial charge on any atom is 0.0687 e. The number of hydrogen-bond donors (Lipinski definition) is 0. The van der Waals surface area contributed by atoms with E-state index in [0.29, 0.717) is 16.8 Å². The van der Waals surface area contributed by atoms with Crippen molar-refractivity contribution >= 4 is 15.9 Å². The van der Waals surface area contributed by atoms with Crippen LogP contribution in [0, 0.1) is 5.92 Å². The molecule has 0 aromatic heterocycles. The fourth-order valence-corrected chi connectivity index (χ4v) is 4.65. The zero-order chi connectivity index (χ0) is 14.7. The predicted octanol–water partition coefficient (Wildman–Crippen LogP) is 6.03. The van der Waals surface area contributed by atoms with Crippen molar-refractivity contribution < 1.29 is 4.74 Å². The van der Waals surface area contributed by atoms with E-state index in [0.717, 1.165) is 0 Å². The van der Waals surface area contributed by atoms with E-state index in [1.807, 2.05) is 0 Å². The number of hydrogen-bond acceptors (Lipinski definition) is 1. The summed E-state index contributed by atoms with van der Waals surface area (Å²) in [5, 5.41) is 0. The van der Waals surface area contributed by atoms with Gasteiger partial charge in [0.1, 0.15) is 0 Å². The molecule has 1 aliphatic carbocycles. The third kappa shape index (κ3) is 3.71. The average molecular weight is 351 g/mol. The second kappa shape index (κ2) is 6.83. The summed E-state index contributed by atoms with van der Waals surface area (Å²) in [6.45, 7) is 2.35. The molecule has 2 aliphatic rings. The number of ether oxygens (including phenoxy) is 1. The first-order valence-corrected chi connectivity index (χ1v) is 9.47. The van der Waals surface area contributed by atoms with Crippen LogP contribution in [0.15, 0.2) is 30.3 Å². The molecule has 1 nitrogen and oxygen atoms in total. The third-order valence-corrected chi connectivity index (χ3v) is 6.79. The van der Waals surface area contributed by atoms with E-state index in [9.17, 15) is 0 Å². The van der Waals surface area contributed by atoms with E-state index in [2.05, 4.69) is 53.2 Å². The molecule has 1 heterocycles. The highest BCUT2D eigenvalue weighted by Crippen LogP contribution is 2.44. The molecule has 3 unspecified atom stereocenters. The lowest BCUT2D eigenvalue weighted by molar-refractivity contribution is -0.0692. The van der Waals surface area contributed by atoms with E-state index in [4.69, 9.17) is 4.74 Å². The lowest BCUT2D eigenvalue weighted by Crippen LogP contribution is -2.32. The molecule has 1 spiro atoms. The quantitative estimate of drug-likeness (QED) is 0.602. The molecule has 0 radical (unpaired) electrons. The number of rotatable bonds is 4. The second-order valence-electron chi connectivity index (χ2n) is 7.05. The Bertz CT molecular complexity index is 438. The van der Waals surface area contributed by atoms with Gasteiger partial charge < -0.3 is 4.74 Å². The fourth-order valence-electron chi connectivity index (χ4n) is 4.12. The third-order valence-electron chi connectivity index (χ3n) is 5.36. The van der Waals surface area contributed by atoms with E-state index in [-0.39, 0.29) is 5.60 Å². The van der Waals surface area contributed by atoms with Gasteiger partial charge in [0.05, 0.1) is 11.7 Å². The highest BCUT2D eigenvalue weighted by molar-refractivity contribution is 9.09. The van der Waals surface area contributed by atoms with Crippen molar-refractivity contribution in [3.8, 4) is 0 Å². The molecule has 1 aromatic carbocycles. The first kappa shape index (κ1) is 15.6. The standard InChI is InChI=1S/C19H27BrO/c1-15(18(20)16-8-4-2-5-9-16)14-17-10-13-19(21-17)11-6-3-7-12-19/h2,4-5,8-9,15,17-18H,3,6-7,10-14H2,1H3. The maximum absolute atomic E-state index is 6.53. The molecule has 1 aromatic rings. The van der Waals surface area contributed by atoms with Gasteiger partial charge in [0.2, 0.25) is 0 Å². The van der Waals surface area contributed by atoms with Gasteiger partial charge in [-0.1, -0.05) is 72.4 Å². The molecule has 21 heavy (non-hydrogen) atoms. The van der Waals surface area contributed by atoms with E-state index >= 15 is 0 Å². The van der Waals surface area contributed by atoms with Crippen LogP contribution in [0.5, 0.6) is 0 Å². The van der Waals surface area contributed by atoms with Gasteiger partial charge >= 0.3 is 0 Å². The molecule has 2 fully saturated rings. The van der Waals surface area contributed by atoms with Gasteiger partial charge in [-0.05, 0) is 43.6 Å². The Balaban J connectivity index is 1.55. The number of halogens is 1. The van der Waals surface area contributed by atoms with Crippen LogP contribution >= 0.6 is 15.9 Å². The van der Waals surface area contributed by atoms with E-state index < -0.39 is 0 Å². The Kier molecular flexibility index (Phi) is 5.06. The Morgan fingerprint density at radius 1 is 1.14 bits per heavy atom. The topological polar surface area (TPSA) is 9.23 Å². The van der Waals surface area contributed by atoms with Crippen LogP contribution in [0.4, 0.5) is 0 Å². The van der Waals surface area contributed by atoms with Crippen LogP contribution in [0.2, 0.25) is 0 Å². The molecule has 3 atom stereocenters. The van der Waals surface area contributed by atoms with Crippen LogP contribution in [-0.2, 0) is 4.74 Å². The molecule has 1 saturated heterocycles. The molecule has 0 N–H and O–H groups in total.